The number of carbonyl (C=O) groups excluding carboxylic acids is 1. The van der Waals surface area contributed by atoms with Gasteiger partial charge in [0.15, 0.2) is 0 Å². The van der Waals surface area contributed by atoms with Crippen molar-refractivity contribution in [1.82, 2.24) is 4.90 Å². The average Bonchev–Trinajstić information content (AvgIpc) is 3.56. The highest BCUT2D eigenvalue weighted by atomic mass is 35.5. The Bertz CT molecular complexity index is 1110. The van der Waals surface area contributed by atoms with Crippen LogP contribution in [0.4, 0.5) is 0 Å². The van der Waals surface area contributed by atoms with Gasteiger partial charge in [-0.1, -0.05) is 58.6 Å². The molecule has 1 N–H and O–H groups in total. The number of Topliss-reactive ketones (excluding diaryl/α,β-unsaturated/α-hetero) is 1. The summed E-state index contributed by atoms with van der Waals surface area (Å²) in [5.74, 6) is 10.1. The van der Waals surface area contributed by atoms with Crippen molar-refractivity contribution in [1.29, 1.82) is 0 Å². The second-order valence-corrected chi connectivity index (χ2v) is 16.8. The van der Waals surface area contributed by atoms with Gasteiger partial charge >= 0.3 is 0 Å². The third-order valence-electron chi connectivity index (χ3n) is 15.2. The molecular formula is C37H58ClNO2. The van der Waals surface area contributed by atoms with Crippen LogP contribution in [0.2, 0.25) is 0 Å². The first-order valence-electron chi connectivity index (χ1n) is 16.9. The molecule has 5 aliphatic carbocycles. The van der Waals surface area contributed by atoms with Crippen molar-refractivity contribution >= 4 is 18.2 Å². The maximum atomic E-state index is 13.1. The number of likely N-dealkylation sites (tertiary alicyclic amines) is 1. The van der Waals surface area contributed by atoms with Gasteiger partial charge in [0.25, 0.3) is 0 Å². The topological polar surface area (TPSA) is 40.5 Å². The Morgan fingerprint density at radius 2 is 1.66 bits per heavy atom. The second kappa shape index (κ2) is 10.7. The van der Waals surface area contributed by atoms with Gasteiger partial charge in [-0.3, -0.25) is 9.69 Å². The highest BCUT2D eigenvalue weighted by Crippen LogP contribution is 2.77. The highest BCUT2D eigenvalue weighted by molar-refractivity contribution is 5.85. The van der Waals surface area contributed by atoms with Gasteiger partial charge in [-0.25, -0.2) is 0 Å². The Balaban J connectivity index is 0.00000337. The van der Waals surface area contributed by atoms with Crippen molar-refractivity contribution in [2.24, 2.45) is 56.7 Å². The molecule has 230 valence electrons. The van der Waals surface area contributed by atoms with Crippen LogP contribution >= 0.6 is 12.4 Å². The summed E-state index contributed by atoms with van der Waals surface area (Å²) >= 11 is 0. The lowest BCUT2D eigenvalue weighted by Crippen LogP contribution is -2.66. The summed E-state index contributed by atoms with van der Waals surface area (Å²) in [7, 11) is 0. The molecular weight excluding hydrogens is 526 g/mol. The number of fused-ring (bicyclic) bond motifs is 7. The van der Waals surface area contributed by atoms with E-state index in [4.69, 9.17) is 0 Å². The summed E-state index contributed by atoms with van der Waals surface area (Å²) in [4.78, 5) is 15.5. The second-order valence-electron chi connectivity index (χ2n) is 16.8. The Morgan fingerprint density at radius 1 is 0.951 bits per heavy atom. The minimum absolute atomic E-state index is 0. The fourth-order valence-corrected chi connectivity index (χ4v) is 12.8. The van der Waals surface area contributed by atoms with Crippen LogP contribution in [0.25, 0.3) is 0 Å². The largest absolute Gasteiger partial charge is 0.380 e. The van der Waals surface area contributed by atoms with Gasteiger partial charge in [0.05, 0.1) is 6.54 Å². The van der Waals surface area contributed by atoms with E-state index in [-0.39, 0.29) is 39.5 Å². The summed E-state index contributed by atoms with van der Waals surface area (Å²) in [6.45, 7) is 22.3. The predicted octanol–water partition coefficient (Wildman–Crippen LogP) is 8.10. The Morgan fingerprint density at radius 3 is 2.34 bits per heavy atom. The molecule has 0 aromatic heterocycles. The van der Waals surface area contributed by atoms with Crippen LogP contribution in [0.15, 0.2) is 12.2 Å². The first-order valence-corrected chi connectivity index (χ1v) is 16.9. The van der Waals surface area contributed by atoms with Gasteiger partial charge < -0.3 is 5.11 Å². The van der Waals surface area contributed by atoms with Crippen molar-refractivity contribution in [3.8, 4) is 11.8 Å². The van der Waals surface area contributed by atoms with Gasteiger partial charge in [0.1, 0.15) is 11.9 Å². The van der Waals surface area contributed by atoms with Crippen LogP contribution < -0.4 is 0 Å². The number of hydrogen-bond acceptors (Lipinski definition) is 3. The summed E-state index contributed by atoms with van der Waals surface area (Å²) in [5.41, 5.74) is 1.82. The molecule has 3 nitrogen and oxygen atoms in total. The normalized spacial score (nSPS) is 47.5. The monoisotopic (exact) mass is 583 g/mol. The average molecular weight is 584 g/mol. The van der Waals surface area contributed by atoms with Crippen LogP contribution in [0, 0.1) is 68.5 Å². The van der Waals surface area contributed by atoms with E-state index >= 15 is 0 Å². The number of hydrogen-bond donors (Lipinski definition) is 1. The lowest BCUT2D eigenvalue weighted by molar-refractivity contribution is -0.238. The molecule has 0 unspecified atom stereocenters. The summed E-state index contributed by atoms with van der Waals surface area (Å²) in [6.07, 6.45) is 13.4. The third-order valence-corrected chi connectivity index (χ3v) is 15.2. The van der Waals surface area contributed by atoms with Crippen LogP contribution in [0.5, 0.6) is 0 Å². The molecule has 4 heteroatoms. The first kappa shape index (κ1) is 31.6. The molecule has 0 radical (unpaired) electrons. The summed E-state index contributed by atoms with van der Waals surface area (Å²) in [6, 6.07) is 0. The Kier molecular flexibility index (Phi) is 8.22. The Labute approximate surface area is 257 Å². The maximum Gasteiger partial charge on any atom is 0.138 e. The molecule has 6 aliphatic rings. The first-order chi connectivity index (χ1) is 18.8. The molecule has 1 heterocycles. The predicted molar refractivity (Wildman–Crippen MR) is 171 cm³/mol. The van der Waals surface area contributed by atoms with Crippen molar-refractivity contribution in [3.05, 3.63) is 12.2 Å². The van der Waals surface area contributed by atoms with Gasteiger partial charge in [0, 0.05) is 17.3 Å². The highest BCUT2D eigenvalue weighted by Gasteiger charge is 2.71. The zero-order valence-corrected chi connectivity index (χ0v) is 27.8. The fraction of sp³-hybridized carbons (Fsp3) is 0.865. The lowest BCUT2D eigenvalue weighted by atomic mass is 9.32. The molecule has 6 rings (SSSR count). The zero-order valence-electron chi connectivity index (χ0n) is 27.0. The molecule has 0 amide bonds. The van der Waals surface area contributed by atoms with E-state index in [0.29, 0.717) is 35.4 Å². The molecule has 6 fully saturated rings. The van der Waals surface area contributed by atoms with E-state index in [1.807, 2.05) is 0 Å². The minimum Gasteiger partial charge on any atom is -0.380 e. The SMILES string of the molecule is C=C(C)[C@@H]1CC[C@]2([C@H](O)C#CCN3CCCC3)CC[C@]3(C)[C@H](CC[C@@H]4[C@@]5(C)CCC(=O)C(C)(C)[C@@H]5CC[C@]43C)[C@@H]12.Cl. The molecule has 0 bridgehead atoms. The number of nitrogens with zero attached hydrogens (tertiary/aromatic N) is 1. The molecule has 0 aromatic carbocycles. The number of allylic oxidation sites excluding steroid dienone is 1. The third kappa shape index (κ3) is 4.38. The molecule has 5 saturated carbocycles. The molecule has 41 heavy (non-hydrogen) atoms. The summed E-state index contributed by atoms with van der Waals surface area (Å²) < 4.78 is 0. The lowest BCUT2D eigenvalue weighted by Gasteiger charge is -2.72. The smallest absolute Gasteiger partial charge is 0.138 e. The quantitative estimate of drug-likeness (QED) is 0.269. The van der Waals surface area contributed by atoms with Crippen LogP contribution in [-0.4, -0.2) is 41.5 Å². The van der Waals surface area contributed by atoms with Gasteiger partial charge in [-0.2, -0.15) is 0 Å². The molecule has 0 spiro atoms. The minimum atomic E-state index is -0.530. The van der Waals surface area contributed by atoms with Crippen molar-refractivity contribution in [2.75, 3.05) is 19.6 Å². The van der Waals surface area contributed by atoms with Crippen molar-refractivity contribution < 1.29 is 9.90 Å². The van der Waals surface area contributed by atoms with Crippen molar-refractivity contribution in [3.63, 3.8) is 0 Å². The zero-order chi connectivity index (χ0) is 28.7. The Hall–Kier alpha value is -0.820. The van der Waals surface area contributed by atoms with E-state index in [0.717, 1.165) is 51.7 Å². The van der Waals surface area contributed by atoms with Crippen molar-refractivity contribution in [2.45, 2.75) is 125 Å². The molecule has 0 aromatic rings. The standard InChI is InChI=1S/C37H57NO2.ClH/c1-25(2)26-14-19-37(31(40)11-10-24-38-22-8-9-23-38)21-20-35(6)27(32(26)37)12-13-29-34(5)17-16-30(39)33(3,4)28(34)15-18-36(29,35)7;/h26-29,31-32,40H,1,8-9,12-24H2,2-7H3;1H/t26-,27+,28-,29+,31+,32+,34-,35+,36+,37+;/m0./s1. The van der Waals surface area contributed by atoms with Crippen LogP contribution in [-0.2, 0) is 4.79 Å². The molecule has 10 atom stereocenters. The van der Waals surface area contributed by atoms with Gasteiger partial charge in [-0.15, -0.1) is 12.4 Å². The summed E-state index contributed by atoms with van der Waals surface area (Å²) in [5, 5.41) is 11.9. The number of rotatable bonds is 3. The number of halogens is 1. The van der Waals surface area contributed by atoms with E-state index in [1.165, 1.54) is 50.5 Å². The number of aliphatic hydroxyl groups is 1. The number of ketones is 1. The van der Waals surface area contributed by atoms with E-state index in [9.17, 15) is 9.90 Å². The number of carbonyl (C=O) groups is 1. The van der Waals surface area contributed by atoms with E-state index < -0.39 is 6.10 Å². The number of aliphatic hydroxyl groups excluding tert-OH is 1. The van der Waals surface area contributed by atoms with E-state index in [2.05, 4.69) is 64.9 Å². The van der Waals surface area contributed by atoms with E-state index in [1.54, 1.807) is 0 Å². The molecule has 1 saturated heterocycles. The van der Waals surface area contributed by atoms with Crippen LogP contribution in [0.3, 0.4) is 0 Å². The van der Waals surface area contributed by atoms with Gasteiger partial charge in [-0.05, 0) is 136 Å². The van der Waals surface area contributed by atoms with Crippen LogP contribution in [0.1, 0.15) is 119 Å². The fourth-order valence-electron chi connectivity index (χ4n) is 12.8. The molecule has 1 aliphatic heterocycles. The maximum absolute atomic E-state index is 13.1. The van der Waals surface area contributed by atoms with Gasteiger partial charge in [0.2, 0.25) is 0 Å².